The van der Waals surface area contributed by atoms with Crippen molar-refractivity contribution in [3.63, 3.8) is 0 Å². The van der Waals surface area contributed by atoms with Crippen LogP contribution in [0.5, 0.6) is 0 Å². The second-order valence-corrected chi connectivity index (χ2v) is 9.72. The van der Waals surface area contributed by atoms with Crippen molar-refractivity contribution in [1.82, 2.24) is 14.8 Å². The van der Waals surface area contributed by atoms with Crippen molar-refractivity contribution in [2.24, 2.45) is 0 Å². The van der Waals surface area contributed by atoms with Gasteiger partial charge < -0.3 is 10.2 Å². The molecule has 5 rings (SSSR count). The molecule has 9 heteroatoms. The number of aryl methyl sites for hydroxylation is 2. The van der Waals surface area contributed by atoms with E-state index in [2.05, 4.69) is 44.3 Å². The Bertz CT molecular complexity index is 1130. The smallest absolute Gasteiger partial charge is 0.321 e. The molecule has 33 heavy (non-hydrogen) atoms. The summed E-state index contributed by atoms with van der Waals surface area (Å²) in [4.78, 5) is 21.8. The van der Waals surface area contributed by atoms with Crippen LogP contribution in [-0.2, 0) is 12.8 Å². The lowest BCUT2D eigenvalue weighted by atomic mass is 9.96. The predicted octanol–water partition coefficient (Wildman–Crippen LogP) is 4.06. The van der Waals surface area contributed by atoms with Crippen LogP contribution in [0.15, 0.2) is 59.5 Å². The van der Waals surface area contributed by atoms with Gasteiger partial charge in [-0.15, -0.1) is 0 Å². The maximum absolute atomic E-state index is 12.8. The molecule has 1 saturated heterocycles. The van der Waals surface area contributed by atoms with Gasteiger partial charge in [0.1, 0.15) is 0 Å². The number of nitrogens with zero attached hydrogens (tertiary/aromatic N) is 4. The number of hydrogen-bond donors (Lipinski definition) is 2. The Morgan fingerprint density at radius 2 is 1.82 bits per heavy atom. The SMILES string of the molecule is O=C(Nc1cc[n+](O)cc1)N1CCN(C2c3ccc(Cl)cc3CCc3cc(Br)cnc32)CC1. The Morgan fingerprint density at radius 1 is 1.09 bits per heavy atom. The minimum atomic E-state index is -0.138. The summed E-state index contributed by atoms with van der Waals surface area (Å²) < 4.78 is 1.93. The van der Waals surface area contributed by atoms with Gasteiger partial charge in [-0.1, -0.05) is 17.7 Å². The van der Waals surface area contributed by atoms with Crippen LogP contribution in [-0.4, -0.2) is 52.2 Å². The molecule has 2 amide bonds. The molecule has 2 N–H and O–H groups in total. The number of pyridine rings is 2. The van der Waals surface area contributed by atoms with Gasteiger partial charge in [0.15, 0.2) is 0 Å². The normalized spacial score (nSPS) is 18.2. The molecule has 170 valence electrons. The van der Waals surface area contributed by atoms with Crippen LogP contribution in [0.2, 0.25) is 5.02 Å². The van der Waals surface area contributed by atoms with E-state index in [0.29, 0.717) is 18.8 Å². The number of fused-ring (bicyclic) bond motifs is 2. The predicted molar refractivity (Wildman–Crippen MR) is 129 cm³/mol. The summed E-state index contributed by atoms with van der Waals surface area (Å²) >= 11 is 9.90. The van der Waals surface area contributed by atoms with Crippen molar-refractivity contribution in [2.75, 3.05) is 31.5 Å². The molecule has 0 spiro atoms. The summed E-state index contributed by atoms with van der Waals surface area (Å²) in [5.74, 6) is 0. The van der Waals surface area contributed by atoms with E-state index >= 15 is 0 Å². The van der Waals surface area contributed by atoms with E-state index in [1.807, 2.05) is 17.2 Å². The molecule has 0 saturated carbocycles. The molecule has 0 bridgehead atoms. The molecule has 2 aliphatic rings. The minimum Gasteiger partial charge on any atom is -0.322 e. The molecule has 3 heterocycles. The topological polar surface area (TPSA) is 72.6 Å². The molecule has 1 aliphatic carbocycles. The highest BCUT2D eigenvalue weighted by Crippen LogP contribution is 2.38. The number of nitrogens with one attached hydrogen (secondary N) is 1. The lowest BCUT2D eigenvalue weighted by molar-refractivity contribution is -0.904. The van der Waals surface area contributed by atoms with Gasteiger partial charge in [-0.3, -0.25) is 15.1 Å². The third kappa shape index (κ3) is 4.69. The average Bonchev–Trinajstić information content (AvgIpc) is 2.97. The number of carbonyl (C=O) groups excluding carboxylic acids is 1. The Hall–Kier alpha value is -2.68. The fourth-order valence-corrected chi connectivity index (χ4v) is 5.24. The Morgan fingerprint density at radius 3 is 2.58 bits per heavy atom. The van der Waals surface area contributed by atoms with Crippen molar-refractivity contribution < 1.29 is 14.7 Å². The van der Waals surface area contributed by atoms with Gasteiger partial charge in [0, 0.05) is 58.7 Å². The maximum atomic E-state index is 12.8. The fraction of sp³-hybridized carbons (Fsp3) is 0.292. The van der Waals surface area contributed by atoms with Crippen LogP contribution < -0.4 is 10.0 Å². The van der Waals surface area contributed by atoms with Crippen LogP contribution in [0.1, 0.15) is 28.4 Å². The number of benzene rings is 1. The number of urea groups is 1. The zero-order chi connectivity index (χ0) is 22.9. The van der Waals surface area contributed by atoms with E-state index in [0.717, 1.165) is 45.9 Å². The minimum absolute atomic E-state index is 0.0298. The largest absolute Gasteiger partial charge is 0.322 e. The summed E-state index contributed by atoms with van der Waals surface area (Å²) in [5.41, 5.74) is 5.47. The van der Waals surface area contributed by atoms with E-state index in [-0.39, 0.29) is 12.1 Å². The molecular formula is C24H24BrClN5O2+. The van der Waals surface area contributed by atoms with E-state index in [9.17, 15) is 10.0 Å². The molecule has 1 atom stereocenters. The molecule has 1 fully saturated rings. The molecule has 1 unspecified atom stereocenters. The molecular weight excluding hydrogens is 506 g/mol. The highest BCUT2D eigenvalue weighted by atomic mass is 79.9. The highest BCUT2D eigenvalue weighted by Gasteiger charge is 2.33. The Labute approximate surface area is 205 Å². The van der Waals surface area contributed by atoms with Gasteiger partial charge in [0.05, 0.1) is 17.4 Å². The second-order valence-electron chi connectivity index (χ2n) is 8.36. The molecule has 7 nitrogen and oxygen atoms in total. The Kier molecular flexibility index (Phi) is 6.23. The van der Waals surface area contributed by atoms with E-state index < -0.39 is 0 Å². The summed E-state index contributed by atoms with van der Waals surface area (Å²) in [6, 6.07) is 11.5. The molecule has 1 aliphatic heterocycles. The number of halogens is 2. The van der Waals surface area contributed by atoms with Gasteiger partial charge in [-0.2, -0.15) is 0 Å². The first kappa shape index (κ1) is 22.1. The third-order valence-electron chi connectivity index (χ3n) is 6.32. The summed E-state index contributed by atoms with van der Waals surface area (Å²) in [7, 11) is 0. The van der Waals surface area contributed by atoms with Crippen molar-refractivity contribution in [2.45, 2.75) is 18.9 Å². The zero-order valence-electron chi connectivity index (χ0n) is 17.9. The van der Waals surface area contributed by atoms with Gasteiger partial charge in [-0.05, 0) is 63.7 Å². The lowest BCUT2D eigenvalue weighted by Crippen LogP contribution is -2.51. The molecule has 0 radical (unpaired) electrons. The first-order valence-corrected chi connectivity index (χ1v) is 12.1. The highest BCUT2D eigenvalue weighted by molar-refractivity contribution is 9.10. The summed E-state index contributed by atoms with van der Waals surface area (Å²) in [5, 5.41) is 13.0. The van der Waals surface area contributed by atoms with Gasteiger partial charge in [0.2, 0.25) is 12.4 Å². The number of anilines is 1. The fourth-order valence-electron chi connectivity index (χ4n) is 4.67. The summed E-state index contributed by atoms with van der Waals surface area (Å²) in [6.45, 7) is 2.71. The lowest BCUT2D eigenvalue weighted by Gasteiger charge is -2.39. The van der Waals surface area contributed by atoms with Crippen LogP contribution in [0.25, 0.3) is 0 Å². The van der Waals surface area contributed by atoms with E-state index in [1.54, 1.807) is 12.1 Å². The van der Waals surface area contributed by atoms with Crippen molar-refractivity contribution in [1.29, 1.82) is 0 Å². The summed E-state index contributed by atoms with van der Waals surface area (Å²) in [6.07, 6.45) is 6.66. The number of aromatic nitrogens is 2. The van der Waals surface area contributed by atoms with E-state index in [4.69, 9.17) is 16.6 Å². The third-order valence-corrected chi connectivity index (χ3v) is 6.99. The molecule has 2 aromatic heterocycles. The van der Waals surface area contributed by atoms with Crippen LogP contribution >= 0.6 is 27.5 Å². The number of amides is 2. The Balaban J connectivity index is 1.36. The maximum Gasteiger partial charge on any atom is 0.321 e. The van der Waals surface area contributed by atoms with Crippen molar-refractivity contribution in [3.05, 3.63) is 86.9 Å². The van der Waals surface area contributed by atoms with Gasteiger partial charge in [0.25, 0.3) is 0 Å². The molecule has 3 aromatic rings. The monoisotopic (exact) mass is 528 g/mol. The van der Waals surface area contributed by atoms with Crippen molar-refractivity contribution >= 4 is 39.2 Å². The zero-order valence-corrected chi connectivity index (χ0v) is 20.3. The number of hydrogen-bond acceptors (Lipinski definition) is 4. The van der Waals surface area contributed by atoms with Crippen LogP contribution in [0.4, 0.5) is 10.5 Å². The second kappa shape index (κ2) is 9.29. The number of piperazine rings is 1. The van der Waals surface area contributed by atoms with E-state index in [1.165, 1.54) is 29.1 Å². The van der Waals surface area contributed by atoms with Crippen LogP contribution in [0.3, 0.4) is 0 Å². The van der Waals surface area contributed by atoms with Gasteiger partial charge >= 0.3 is 6.03 Å². The number of rotatable bonds is 2. The standard InChI is InChI=1S/C24H23BrClN5O2/c25-18-13-17-2-1-16-14-19(26)3-4-21(16)23(22(17)27-15-18)29-9-11-30(12-10-29)24(32)28-20-5-7-31(33)8-6-20/h3-8,13-15,23,33H,1-2,9-12H2/p+1. The molecule has 1 aromatic carbocycles. The number of carbonyl (C=O) groups is 1. The quantitative estimate of drug-likeness (QED) is 0.388. The van der Waals surface area contributed by atoms with Gasteiger partial charge in [-0.25, -0.2) is 4.79 Å². The first-order valence-electron chi connectivity index (χ1n) is 10.9. The first-order chi connectivity index (χ1) is 16.0. The average molecular weight is 530 g/mol. The van der Waals surface area contributed by atoms with Crippen molar-refractivity contribution in [3.8, 4) is 0 Å². The van der Waals surface area contributed by atoms with Crippen LogP contribution in [0, 0.1) is 0 Å².